The van der Waals surface area contributed by atoms with Crippen molar-refractivity contribution in [1.29, 1.82) is 0 Å². The Morgan fingerprint density at radius 3 is 1.59 bits per heavy atom. The summed E-state index contributed by atoms with van der Waals surface area (Å²) in [5, 5.41) is 3.98. The highest BCUT2D eigenvalue weighted by Gasteiger charge is 2.22. The van der Waals surface area contributed by atoms with Crippen LogP contribution in [0.5, 0.6) is 0 Å². The molecule has 2 aliphatic rings. The molecule has 1 N–H and O–H groups in total. The molecule has 0 saturated carbocycles. The first kappa shape index (κ1) is 35.8. The number of amides is 1. The molecule has 13 heteroatoms. The minimum Gasteiger partial charge on any atom is -0.373 e. The van der Waals surface area contributed by atoms with Gasteiger partial charge in [-0.2, -0.15) is 0 Å². The molecule has 2 aromatic carbocycles. The van der Waals surface area contributed by atoms with Crippen molar-refractivity contribution < 1.29 is 36.6 Å². The third-order valence-electron chi connectivity index (χ3n) is 6.24. The summed E-state index contributed by atoms with van der Waals surface area (Å²) in [6.45, 7) is 3.88. The number of alkyl halides is 2. The molecule has 0 radical (unpaired) electrons. The smallest absolute Gasteiger partial charge is 0.233 e. The highest BCUT2D eigenvalue weighted by molar-refractivity contribution is 9.19. The largest absolute Gasteiger partial charge is 0.373 e. The van der Waals surface area contributed by atoms with Gasteiger partial charge in [-0.05, 0) is 90.1 Å². The molecule has 0 aliphatic carbocycles. The number of carbonyl (C=O) groups is 2. The molecule has 41 heavy (non-hydrogen) atoms. The Balaban J connectivity index is 0.000000251. The van der Waals surface area contributed by atoms with Gasteiger partial charge in [0.05, 0.1) is 36.1 Å². The fraction of sp³-hybridized carbons (Fsp3) is 0.500. The number of hydrogen-bond donors (Lipinski definition) is 1. The van der Waals surface area contributed by atoms with Gasteiger partial charge in [0, 0.05) is 13.1 Å². The fourth-order valence-corrected chi connectivity index (χ4v) is 4.36. The molecule has 0 atom stereocenters. The predicted molar refractivity (Wildman–Crippen MR) is 159 cm³/mol. The Kier molecular flexibility index (Phi) is 17.2. The molecule has 2 saturated heterocycles. The van der Waals surface area contributed by atoms with Gasteiger partial charge in [0.25, 0.3) is 0 Å². The van der Waals surface area contributed by atoms with E-state index in [4.69, 9.17) is 9.47 Å². The van der Waals surface area contributed by atoms with Crippen molar-refractivity contribution in [3.8, 4) is 0 Å². The second-order valence-corrected chi connectivity index (χ2v) is 11.3. The molecule has 2 aliphatic heterocycles. The van der Waals surface area contributed by atoms with Crippen molar-refractivity contribution in [2.24, 2.45) is 0 Å². The zero-order chi connectivity index (χ0) is 30.2. The molecule has 0 unspecified atom stereocenters. The molecule has 0 aromatic heterocycles. The summed E-state index contributed by atoms with van der Waals surface area (Å²) in [5.74, 6) is -3.25. The van der Waals surface area contributed by atoms with E-state index in [-0.39, 0.29) is 29.4 Å². The first-order valence-corrected chi connectivity index (χ1v) is 16.1. The summed E-state index contributed by atoms with van der Waals surface area (Å²) in [4.78, 5) is 23.0. The van der Waals surface area contributed by atoms with Crippen molar-refractivity contribution in [1.82, 2.24) is 10.2 Å². The molecule has 228 valence electrons. The molecule has 2 fully saturated rings. The number of likely N-dealkylation sites (tertiary alicyclic amines) is 1. The summed E-state index contributed by atoms with van der Waals surface area (Å²) in [7, 11) is 0. The Hall–Kier alpha value is -1.38. The molecule has 6 nitrogen and oxygen atoms in total. The van der Waals surface area contributed by atoms with Crippen LogP contribution in [0.2, 0.25) is 0 Å². The average Bonchev–Trinajstić information content (AvgIpc) is 2.99. The third kappa shape index (κ3) is 14.1. The van der Waals surface area contributed by atoms with Gasteiger partial charge in [0.1, 0.15) is 0 Å². The topological polar surface area (TPSA) is 67.9 Å². The molecule has 4 rings (SSSR count). The van der Waals surface area contributed by atoms with Gasteiger partial charge < -0.3 is 19.7 Å². The van der Waals surface area contributed by atoms with E-state index in [1.54, 1.807) is 11.0 Å². The third-order valence-corrected chi connectivity index (χ3v) is 8.26. The van der Waals surface area contributed by atoms with Crippen LogP contribution < -0.4 is 5.32 Å². The maximum Gasteiger partial charge on any atom is 0.233 e. The molecular formula is C28H33Br3F4N2O4. The number of nitrogens with one attached hydrogen (secondary N) is 1. The predicted octanol–water partition coefficient (Wildman–Crippen LogP) is 6.40. The summed E-state index contributed by atoms with van der Waals surface area (Å²) in [6.07, 6.45) is 3.77. The minimum absolute atomic E-state index is 0.0162. The minimum atomic E-state index is -0.858. The molecular weight excluding hydrogens is 744 g/mol. The number of nitrogens with zero attached hydrogens (tertiary/aromatic N) is 1. The van der Waals surface area contributed by atoms with E-state index in [0.29, 0.717) is 41.5 Å². The van der Waals surface area contributed by atoms with Crippen molar-refractivity contribution >= 4 is 58.4 Å². The fourth-order valence-electron chi connectivity index (χ4n) is 4.01. The second-order valence-electron chi connectivity index (χ2n) is 9.27. The van der Waals surface area contributed by atoms with E-state index in [1.165, 1.54) is 12.1 Å². The number of rotatable bonds is 8. The van der Waals surface area contributed by atoms with Gasteiger partial charge >= 0.3 is 0 Å². The van der Waals surface area contributed by atoms with E-state index < -0.39 is 23.3 Å². The van der Waals surface area contributed by atoms with Crippen LogP contribution in [0.4, 0.5) is 17.6 Å². The maximum absolute atomic E-state index is 13.0. The van der Waals surface area contributed by atoms with Crippen molar-refractivity contribution in [2.75, 3.05) is 36.8 Å². The first-order chi connectivity index (χ1) is 19.6. The van der Waals surface area contributed by atoms with E-state index in [1.807, 2.05) is 0 Å². The van der Waals surface area contributed by atoms with Gasteiger partial charge in [-0.15, -0.1) is 0 Å². The van der Waals surface area contributed by atoms with E-state index in [2.05, 4.69) is 53.1 Å². The highest BCUT2D eigenvalue weighted by Crippen LogP contribution is 2.17. The number of carbonyl (C=O) groups excluding carboxylic acids is 2. The second kappa shape index (κ2) is 19.7. The Labute approximate surface area is 262 Å². The van der Waals surface area contributed by atoms with Crippen LogP contribution in [0.25, 0.3) is 0 Å². The summed E-state index contributed by atoms with van der Waals surface area (Å²) in [5.41, 5.74) is 1.29. The molecule has 0 bridgehead atoms. The lowest BCUT2D eigenvalue weighted by atomic mass is 10.1. The summed E-state index contributed by atoms with van der Waals surface area (Å²) in [6, 6.07) is 7.65. The Morgan fingerprint density at radius 1 is 0.756 bits per heavy atom. The normalized spacial score (nSPS) is 15.8. The standard InChI is InChI=1S/C14H16BrF2NO2.C12H15F2NO.C2H2Br2O/c15-8-14(19)18-5-3-11(4-6-18)20-9-10-1-2-12(16)13(17)7-10;13-11-2-1-9(7-12(11)14)8-16-10-3-5-15-6-4-10;3-1-2(4)5/h1-2,7,11H,3-6,8-9H2;1-2,7,10,15H,3-6,8H2;1H2. The number of hydrogen-bond acceptors (Lipinski definition) is 5. The Morgan fingerprint density at radius 2 is 1.20 bits per heavy atom. The van der Waals surface area contributed by atoms with Crippen LogP contribution in [0, 0.1) is 23.3 Å². The Bertz CT molecular complexity index is 1100. The monoisotopic (exact) mass is 774 g/mol. The van der Waals surface area contributed by atoms with Gasteiger partial charge in [0.15, 0.2) is 23.3 Å². The SMILES string of the molecule is Fc1ccc(COC2CCNCC2)cc1F.O=C(Br)CBr.O=C(CBr)N1CCC(OCc2ccc(F)c(F)c2)CC1. The maximum atomic E-state index is 13.0. The molecule has 0 spiro atoms. The number of halogens is 7. The quantitative estimate of drug-likeness (QED) is 0.191. The van der Waals surface area contributed by atoms with Crippen LogP contribution in [0.3, 0.4) is 0 Å². The zero-order valence-corrected chi connectivity index (χ0v) is 27.1. The van der Waals surface area contributed by atoms with Gasteiger partial charge in [0.2, 0.25) is 10.6 Å². The van der Waals surface area contributed by atoms with Crippen LogP contribution >= 0.6 is 47.8 Å². The van der Waals surface area contributed by atoms with Crippen LogP contribution in [-0.4, -0.2) is 64.5 Å². The van der Waals surface area contributed by atoms with Crippen molar-refractivity contribution in [2.45, 2.75) is 51.1 Å². The number of benzene rings is 2. The lowest BCUT2D eigenvalue weighted by molar-refractivity contribution is -0.131. The molecule has 1 amide bonds. The van der Waals surface area contributed by atoms with Gasteiger partial charge in [-0.1, -0.05) is 44.0 Å². The summed E-state index contributed by atoms with van der Waals surface area (Å²) >= 11 is 8.76. The number of piperidine rings is 2. The van der Waals surface area contributed by atoms with E-state index in [9.17, 15) is 27.2 Å². The van der Waals surface area contributed by atoms with Gasteiger partial charge in [-0.3, -0.25) is 9.59 Å². The van der Waals surface area contributed by atoms with Crippen LogP contribution in [0.1, 0.15) is 36.8 Å². The van der Waals surface area contributed by atoms with Crippen LogP contribution in [0.15, 0.2) is 36.4 Å². The van der Waals surface area contributed by atoms with E-state index >= 15 is 0 Å². The van der Waals surface area contributed by atoms with Crippen LogP contribution in [-0.2, 0) is 32.3 Å². The zero-order valence-electron chi connectivity index (χ0n) is 22.3. The van der Waals surface area contributed by atoms with E-state index in [0.717, 1.165) is 57.0 Å². The van der Waals surface area contributed by atoms with Gasteiger partial charge in [-0.25, -0.2) is 17.6 Å². The lowest BCUT2D eigenvalue weighted by Crippen LogP contribution is -2.41. The lowest BCUT2D eigenvalue weighted by Gasteiger charge is -2.31. The summed E-state index contributed by atoms with van der Waals surface area (Å²) < 4.78 is 62.7. The van der Waals surface area contributed by atoms with Crippen molar-refractivity contribution in [3.05, 3.63) is 70.8 Å². The molecule has 2 heterocycles. The first-order valence-electron chi connectivity index (χ1n) is 13.0. The average molecular weight is 777 g/mol. The molecule has 2 aromatic rings. The highest BCUT2D eigenvalue weighted by atomic mass is 79.9. The number of ether oxygens (including phenoxy) is 2. The van der Waals surface area contributed by atoms with Crippen molar-refractivity contribution in [3.63, 3.8) is 0 Å².